The van der Waals surface area contributed by atoms with Crippen LogP contribution in [0.2, 0.25) is 0 Å². The first-order valence-corrected chi connectivity index (χ1v) is 9.35. The van der Waals surface area contributed by atoms with Crippen molar-refractivity contribution < 1.29 is 24.1 Å². The van der Waals surface area contributed by atoms with E-state index in [1.807, 2.05) is 0 Å². The summed E-state index contributed by atoms with van der Waals surface area (Å²) < 4.78 is 18.2. The summed E-state index contributed by atoms with van der Waals surface area (Å²) in [5, 5.41) is 34.6. The average Bonchev–Trinajstić information content (AvgIpc) is 3.09. The molecule has 9 nitrogen and oxygen atoms in total. The first-order valence-electron chi connectivity index (χ1n) is 7.57. The molecule has 146 valence electrons. The van der Waals surface area contributed by atoms with Gasteiger partial charge in [-0.05, 0) is 58.3 Å². The van der Waals surface area contributed by atoms with Crippen LogP contribution >= 0.6 is 27.7 Å². The Bertz CT molecular complexity index is 845. The first kappa shape index (κ1) is 21.1. The summed E-state index contributed by atoms with van der Waals surface area (Å²) in [5.41, 5.74) is -0.243. The number of aromatic nitrogens is 2. The normalized spacial score (nSPS) is 12.1. The lowest BCUT2D eigenvalue weighted by molar-refractivity contribution is -0.120. The molecule has 0 aliphatic carbocycles. The fourth-order valence-corrected chi connectivity index (χ4v) is 2.92. The highest BCUT2D eigenvalue weighted by molar-refractivity contribution is 9.10. The highest BCUT2D eigenvalue weighted by atomic mass is 79.9. The number of carbonyl (C=O) groups excluding carboxylic acids is 1. The number of hydrogen-bond acceptors (Lipinski definition) is 8. The summed E-state index contributed by atoms with van der Waals surface area (Å²) in [5.74, 6) is -0.885. The summed E-state index contributed by atoms with van der Waals surface area (Å²) in [6, 6.07) is 4.12. The molecular weight excluding hydrogens is 445 g/mol. The van der Waals surface area contributed by atoms with E-state index in [4.69, 9.17) is 0 Å². The van der Waals surface area contributed by atoms with Gasteiger partial charge in [-0.25, -0.2) is 9.02 Å². The Morgan fingerprint density at radius 2 is 2.19 bits per heavy atom. The van der Waals surface area contributed by atoms with Crippen LogP contribution in [0.4, 0.5) is 10.1 Å². The quantitative estimate of drug-likeness (QED) is 0.162. The van der Waals surface area contributed by atoms with E-state index in [1.54, 1.807) is 13.8 Å². The lowest BCUT2D eigenvalue weighted by atomic mass is 10.1. The summed E-state index contributed by atoms with van der Waals surface area (Å²) in [6.07, 6.45) is 0. The van der Waals surface area contributed by atoms with Crippen LogP contribution in [-0.4, -0.2) is 50.3 Å². The molecule has 2 aromatic rings. The topological polar surface area (TPSA) is 133 Å². The lowest BCUT2D eigenvalue weighted by Crippen LogP contribution is -2.47. The molecule has 0 saturated heterocycles. The first-order chi connectivity index (χ1) is 12.8. The number of aliphatic hydroxyl groups excluding tert-OH is 1. The number of hydrogen-bond donors (Lipinski definition) is 4. The van der Waals surface area contributed by atoms with E-state index >= 15 is 0 Å². The second-order valence-electron chi connectivity index (χ2n) is 6.00. The molecular formula is C15H17BrFN5O4S. The number of oxime groups is 1. The van der Waals surface area contributed by atoms with Crippen molar-refractivity contribution in [3.63, 3.8) is 0 Å². The highest BCUT2D eigenvalue weighted by Crippen LogP contribution is 2.23. The molecule has 0 atom stereocenters. The van der Waals surface area contributed by atoms with Crippen molar-refractivity contribution >= 4 is 45.1 Å². The van der Waals surface area contributed by atoms with Gasteiger partial charge in [-0.15, -0.1) is 0 Å². The molecule has 0 bridgehead atoms. The Morgan fingerprint density at radius 3 is 2.81 bits per heavy atom. The van der Waals surface area contributed by atoms with Gasteiger partial charge in [-0.2, -0.15) is 0 Å². The predicted molar refractivity (Wildman–Crippen MR) is 100 cm³/mol. The summed E-state index contributed by atoms with van der Waals surface area (Å²) in [7, 11) is 0. The Morgan fingerprint density at radius 1 is 1.44 bits per heavy atom. The second kappa shape index (κ2) is 9.15. The van der Waals surface area contributed by atoms with E-state index in [0.717, 1.165) is 11.8 Å². The van der Waals surface area contributed by atoms with Crippen molar-refractivity contribution in [3.05, 3.63) is 34.2 Å². The minimum Gasteiger partial charge on any atom is -0.409 e. The van der Waals surface area contributed by atoms with Crippen LogP contribution < -0.4 is 10.6 Å². The molecule has 27 heavy (non-hydrogen) atoms. The smallest absolute Gasteiger partial charge is 0.230 e. The molecule has 1 amide bonds. The van der Waals surface area contributed by atoms with Crippen LogP contribution in [0.3, 0.4) is 0 Å². The minimum atomic E-state index is -0.752. The molecule has 0 radical (unpaired) electrons. The zero-order valence-electron chi connectivity index (χ0n) is 14.4. The largest absolute Gasteiger partial charge is 0.409 e. The number of aliphatic hydroxyl groups is 1. The maximum atomic E-state index is 13.3. The third kappa shape index (κ3) is 5.91. The van der Waals surface area contributed by atoms with Crippen molar-refractivity contribution in [3.8, 4) is 0 Å². The number of nitrogens with one attached hydrogen (secondary N) is 2. The summed E-state index contributed by atoms with van der Waals surface area (Å²) >= 11 is 4.07. The van der Waals surface area contributed by atoms with Gasteiger partial charge in [0, 0.05) is 5.69 Å². The van der Waals surface area contributed by atoms with Gasteiger partial charge in [0.1, 0.15) is 5.82 Å². The van der Waals surface area contributed by atoms with E-state index in [0.29, 0.717) is 5.69 Å². The van der Waals surface area contributed by atoms with Gasteiger partial charge in [-0.1, -0.05) is 16.9 Å². The van der Waals surface area contributed by atoms with Crippen LogP contribution in [0.15, 0.2) is 37.5 Å². The Hall–Kier alpha value is -2.18. The number of amidine groups is 1. The maximum Gasteiger partial charge on any atom is 0.230 e. The molecule has 0 spiro atoms. The van der Waals surface area contributed by atoms with E-state index < -0.39 is 11.4 Å². The number of nitrogens with zero attached hydrogens (tertiary/aromatic N) is 3. The van der Waals surface area contributed by atoms with Gasteiger partial charge >= 0.3 is 0 Å². The van der Waals surface area contributed by atoms with Crippen LogP contribution in [0.25, 0.3) is 0 Å². The van der Waals surface area contributed by atoms with Gasteiger partial charge in [0.05, 0.1) is 22.4 Å². The van der Waals surface area contributed by atoms with Crippen LogP contribution in [0.1, 0.15) is 19.5 Å². The predicted octanol–water partition coefficient (Wildman–Crippen LogP) is 2.20. The molecule has 0 unspecified atom stereocenters. The number of halogens is 2. The van der Waals surface area contributed by atoms with Crippen molar-refractivity contribution in [1.29, 1.82) is 0 Å². The Kier molecular flexibility index (Phi) is 7.16. The van der Waals surface area contributed by atoms with Gasteiger partial charge in [0.25, 0.3) is 0 Å². The van der Waals surface area contributed by atoms with E-state index in [1.165, 1.54) is 18.2 Å². The van der Waals surface area contributed by atoms with Crippen LogP contribution in [0.5, 0.6) is 0 Å². The number of amides is 1. The Balaban J connectivity index is 2.07. The summed E-state index contributed by atoms with van der Waals surface area (Å²) in [6.45, 7) is 3.15. The number of carbonyl (C=O) groups is 1. The van der Waals surface area contributed by atoms with Gasteiger partial charge in [-0.3, -0.25) is 4.79 Å². The van der Waals surface area contributed by atoms with Crippen molar-refractivity contribution in [1.82, 2.24) is 15.6 Å². The van der Waals surface area contributed by atoms with E-state index in [-0.39, 0.29) is 39.3 Å². The van der Waals surface area contributed by atoms with Gasteiger partial charge in [0.15, 0.2) is 10.7 Å². The Labute approximate surface area is 166 Å². The SMILES string of the molecule is CC(C)(CO)NC(=O)CSc1nonc1/C(=N\O)Nc1ccc(F)c(Br)c1. The maximum absolute atomic E-state index is 13.3. The molecule has 1 aromatic carbocycles. The highest BCUT2D eigenvalue weighted by Gasteiger charge is 2.22. The molecule has 1 aromatic heterocycles. The van der Waals surface area contributed by atoms with E-state index in [9.17, 15) is 19.5 Å². The standard InChI is InChI=1S/C15H17BrFN5O4S/c1-15(2,7-23)19-11(24)6-27-14-12(21-26-22-14)13(20-25)18-8-3-4-10(17)9(16)5-8/h3-5,23,25H,6-7H2,1-2H3,(H,18,20)(H,19,24). The zero-order chi connectivity index (χ0) is 20.0. The fourth-order valence-electron chi connectivity index (χ4n) is 1.85. The lowest BCUT2D eigenvalue weighted by Gasteiger charge is -2.23. The molecule has 4 N–H and O–H groups in total. The average molecular weight is 462 g/mol. The number of rotatable bonds is 7. The molecule has 0 aliphatic heterocycles. The minimum absolute atomic E-state index is 0.0224. The fraction of sp³-hybridized carbons (Fsp3) is 0.333. The number of anilines is 1. The zero-order valence-corrected chi connectivity index (χ0v) is 16.8. The number of thioether (sulfide) groups is 1. The molecule has 0 fully saturated rings. The summed E-state index contributed by atoms with van der Waals surface area (Å²) in [4.78, 5) is 12.0. The third-order valence-electron chi connectivity index (χ3n) is 3.18. The van der Waals surface area contributed by atoms with Crippen molar-refractivity contribution in [2.75, 3.05) is 17.7 Å². The monoisotopic (exact) mass is 461 g/mol. The van der Waals surface area contributed by atoms with Crippen molar-refractivity contribution in [2.45, 2.75) is 24.4 Å². The third-order valence-corrected chi connectivity index (χ3v) is 4.73. The van der Waals surface area contributed by atoms with Crippen molar-refractivity contribution in [2.24, 2.45) is 5.16 Å². The molecule has 0 aliphatic rings. The molecule has 0 saturated carbocycles. The van der Waals surface area contributed by atoms with Crippen LogP contribution in [-0.2, 0) is 4.79 Å². The number of benzene rings is 1. The molecule has 2 rings (SSSR count). The van der Waals surface area contributed by atoms with Crippen LogP contribution in [0, 0.1) is 5.82 Å². The molecule has 1 heterocycles. The van der Waals surface area contributed by atoms with E-state index in [2.05, 4.69) is 46.7 Å². The van der Waals surface area contributed by atoms with Gasteiger partial charge in [0.2, 0.25) is 11.7 Å². The van der Waals surface area contributed by atoms with Gasteiger partial charge < -0.3 is 20.9 Å². The second-order valence-corrected chi connectivity index (χ2v) is 7.82. The molecule has 12 heteroatoms.